The lowest BCUT2D eigenvalue weighted by atomic mass is 10.0. The molecule has 9 heteroatoms. The number of nitrogens with zero attached hydrogens (tertiary/aromatic N) is 4. The smallest absolute Gasteiger partial charge is 0.234 e. The number of thioether (sulfide) groups is 1. The molecular formula is C18H17F2N5OS. The van der Waals surface area contributed by atoms with Gasteiger partial charge in [-0.15, -0.1) is 5.10 Å². The molecule has 0 saturated heterocycles. The van der Waals surface area contributed by atoms with E-state index in [0.29, 0.717) is 11.1 Å². The Hall–Kier alpha value is -2.81. The van der Waals surface area contributed by atoms with Gasteiger partial charge < -0.3 is 5.32 Å². The predicted molar refractivity (Wildman–Crippen MR) is 99.0 cm³/mol. The van der Waals surface area contributed by atoms with Gasteiger partial charge in [-0.2, -0.15) is 4.68 Å². The topological polar surface area (TPSA) is 72.7 Å². The normalized spacial score (nSPS) is 11.0. The SMILES string of the molecule is CC(C)c1ccc(-n2nnnc2SCC(=O)Nc2cc(F)ccc2F)cc1. The monoisotopic (exact) mass is 389 g/mol. The van der Waals surface area contributed by atoms with E-state index in [9.17, 15) is 13.6 Å². The number of benzene rings is 2. The van der Waals surface area contributed by atoms with Crippen molar-refractivity contribution in [1.82, 2.24) is 20.2 Å². The van der Waals surface area contributed by atoms with Gasteiger partial charge >= 0.3 is 0 Å². The lowest BCUT2D eigenvalue weighted by molar-refractivity contribution is -0.113. The number of tetrazole rings is 1. The van der Waals surface area contributed by atoms with E-state index in [4.69, 9.17) is 0 Å². The Morgan fingerprint density at radius 3 is 2.63 bits per heavy atom. The van der Waals surface area contributed by atoms with E-state index in [-0.39, 0.29) is 11.4 Å². The Labute approximate surface area is 159 Å². The van der Waals surface area contributed by atoms with Crippen molar-refractivity contribution in [3.8, 4) is 5.69 Å². The van der Waals surface area contributed by atoms with E-state index in [1.165, 1.54) is 10.2 Å². The number of anilines is 1. The van der Waals surface area contributed by atoms with Crippen LogP contribution in [-0.2, 0) is 4.79 Å². The first-order chi connectivity index (χ1) is 12.9. The highest BCUT2D eigenvalue weighted by molar-refractivity contribution is 7.99. The Morgan fingerprint density at radius 1 is 1.19 bits per heavy atom. The predicted octanol–water partition coefficient (Wildman–Crippen LogP) is 3.79. The van der Waals surface area contributed by atoms with Crippen LogP contribution < -0.4 is 5.32 Å². The minimum atomic E-state index is -0.704. The van der Waals surface area contributed by atoms with Gasteiger partial charge in [-0.25, -0.2) is 8.78 Å². The van der Waals surface area contributed by atoms with Crippen LogP contribution >= 0.6 is 11.8 Å². The number of nitrogens with one attached hydrogen (secondary N) is 1. The highest BCUT2D eigenvalue weighted by atomic mass is 32.2. The number of hydrogen-bond donors (Lipinski definition) is 1. The molecular weight excluding hydrogens is 372 g/mol. The van der Waals surface area contributed by atoms with Gasteiger partial charge in [0.2, 0.25) is 11.1 Å². The first-order valence-corrected chi connectivity index (χ1v) is 9.19. The molecule has 0 aliphatic rings. The zero-order valence-electron chi connectivity index (χ0n) is 14.7. The number of amides is 1. The molecule has 0 aliphatic heterocycles. The average Bonchev–Trinajstić information content (AvgIpc) is 3.12. The van der Waals surface area contributed by atoms with Gasteiger partial charge in [0.25, 0.3) is 0 Å². The van der Waals surface area contributed by atoms with Crippen molar-refractivity contribution in [3.63, 3.8) is 0 Å². The van der Waals surface area contributed by atoms with E-state index >= 15 is 0 Å². The molecule has 0 aliphatic carbocycles. The number of carbonyl (C=O) groups is 1. The van der Waals surface area contributed by atoms with Crippen molar-refractivity contribution in [3.05, 3.63) is 59.7 Å². The Balaban J connectivity index is 1.66. The summed E-state index contributed by atoms with van der Waals surface area (Å²) in [5.41, 5.74) is 1.76. The molecule has 0 fully saturated rings. The van der Waals surface area contributed by atoms with Gasteiger partial charge in [0.15, 0.2) is 0 Å². The van der Waals surface area contributed by atoms with Crippen LogP contribution in [0.3, 0.4) is 0 Å². The molecule has 140 valence electrons. The first-order valence-electron chi connectivity index (χ1n) is 8.20. The molecule has 2 aromatic carbocycles. The summed E-state index contributed by atoms with van der Waals surface area (Å²) in [6, 6.07) is 10.7. The van der Waals surface area contributed by atoms with Crippen LogP contribution in [0.2, 0.25) is 0 Å². The molecule has 0 bridgehead atoms. The summed E-state index contributed by atoms with van der Waals surface area (Å²) in [6.45, 7) is 4.21. The minimum Gasteiger partial charge on any atom is -0.323 e. The standard InChI is InChI=1S/C18H17F2N5OS/c1-11(2)12-3-6-14(7-4-12)25-18(22-23-24-25)27-10-17(26)21-16-9-13(19)5-8-15(16)20/h3-9,11H,10H2,1-2H3,(H,21,26). The van der Waals surface area contributed by atoms with Crippen molar-refractivity contribution in [1.29, 1.82) is 0 Å². The van der Waals surface area contributed by atoms with Crippen LogP contribution in [0, 0.1) is 11.6 Å². The molecule has 1 N–H and O–H groups in total. The Morgan fingerprint density at radius 2 is 1.93 bits per heavy atom. The molecule has 3 rings (SSSR count). The molecule has 1 aromatic heterocycles. The quantitative estimate of drug-likeness (QED) is 0.650. The van der Waals surface area contributed by atoms with Gasteiger partial charge in [0.1, 0.15) is 11.6 Å². The van der Waals surface area contributed by atoms with Crippen LogP contribution in [-0.4, -0.2) is 31.9 Å². The second-order valence-corrected chi connectivity index (χ2v) is 7.02. The Kier molecular flexibility index (Phi) is 5.80. The van der Waals surface area contributed by atoms with Gasteiger partial charge in [0, 0.05) is 6.07 Å². The Bertz CT molecular complexity index is 943. The molecule has 1 amide bonds. The maximum atomic E-state index is 13.6. The first kappa shape index (κ1) is 19.0. The van der Waals surface area contributed by atoms with Crippen molar-refractivity contribution in [2.24, 2.45) is 0 Å². The van der Waals surface area contributed by atoms with Gasteiger partial charge in [-0.1, -0.05) is 37.7 Å². The molecule has 0 unspecified atom stereocenters. The number of hydrogen-bond acceptors (Lipinski definition) is 5. The third kappa shape index (κ3) is 4.68. The number of aromatic nitrogens is 4. The summed E-state index contributed by atoms with van der Waals surface area (Å²) in [5, 5.41) is 14.3. The lowest BCUT2D eigenvalue weighted by Gasteiger charge is -2.08. The largest absolute Gasteiger partial charge is 0.323 e. The third-order valence-corrected chi connectivity index (χ3v) is 4.70. The van der Waals surface area contributed by atoms with Crippen LogP contribution in [0.1, 0.15) is 25.3 Å². The fourth-order valence-corrected chi connectivity index (χ4v) is 3.03. The molecule has 3 aromatic rings. The maximum absolute atomic E-state index is 13.6. The molecule has 6 nitrogen and oxygen atoms in total. The van der Waals surface area contributed by atoms with Crippen molar-refractivity contribution >= 4 is 23.4 Å². The zero-order chi connectivity index (χ0) is 19.4. The van der Waals surface area contributed by atoms with E-state index in [1.54, 1.807) is 0 Å². The second-order valence-electron chi connectivity index (χ2n) is 6.08. The summed E-state index contributed by atoms with van der Waals surface area (Å²) in [6.07, 6.45) is 0. The lowest BCUT2D eigenvalue weighted by Crippen LogP contribution is -2.15. The zero-order valence-corrected chi connectivity index (χ0v) is 15.5. The highest BCUT2D eigenvalue weighted by Crippen LogP contribution is 2.21. The summed E-state index contributed by atoms with van der Waals surface area (Å²) >= 11 is 1.10. The molecule has 0 spiro atoms. The molecule has 1 heterocycles. The molecule has 27 heavy (non-hydrogen) atoms. The van der Waals surface area contributed by atoms with E-state index in [1.807, 2.05) is 24.3 Å². The molecule has 0 radical (unpaired) electrons. The van der Waals surface area contributed by atoms with Crippen LogP contribution in [0.4, 0.5) is 14.5 Å². The van der Waals surface area contributed by atoms with Gasteiger partial charge in [-0.3, -0.25) is 4.79 Å². The van der Waals surface area contributed by atoms with E-state index in [2.05, 4.69) is 34.7 Å². The number of rotatable bonds is 6. The van der Waals surface area contributed by atoms with Crippen molar-refractivity contribution < 1.29 is 13.6 Å². The minimum absolute atomic E-state index is 0.0552. The van der Waals surface area contributed by atoms with Gasteiger partial charge in [-0.05, 0) is 46.2 Å². The van der Waals surface area contributed by atoms with E-state index < -0.39 is 17.5 Å². The fraction of sp³-hybridized carbons (Fsp3) is 0.222. The second kappa shape index (κ2) is 8.26. The summed E-state index contributed by atoms with van der Waals surface area (Å²) < 4.78 is 28.3. The maximum Gasteiger partial charge on any atom is 0.234 e. The van der Waals surface area contributed by atoms with Crippen LogP contribution in [0.5, 0.6) is 0 Å². The van der Waals surface area contributed by atoms with Gasteiger partial charge in [0.05, 0.1) is 17.1 Å². The highest BCUT2D eigenvalue weighted by Gasteiger charge is 2.13. The number of halogens is 2. The van der Waals surface area contributed by atoms with Crippen molar-refractivity contribution in [2.45, 2.75) is 24.9 Å². The summed E-state index contributed by atoms with van der Waals surface area (Å²) in [7, 11) is 0. The summed E-state index contributed by atoms with van der Waals surface area (Å²) in [4.78, 5) is 12.0. The summed E-state index contributed by atoms with van der Waals surface area (Å²) in [5.74, 6) is -1.47. The van der Waals surface area contributed by atoms with Crippen LogP contribution in [0.25, 0.3) is 5.69 Å². The van der Waals surface area contributed by atoms with E-state index in [0.717, 1.165) is 35.6 Å². The number of carbonyl (C=O) groups excluding carboxylic acids is 1. The van der Waals surface area contributed by atoms with Crippen molar-refractivity contribution in [2.75, 3.05) is 11.1 Å². The third-order valence-electron chi connectivity index (χ3n) is 3.78. The van der Waals surface area contributed by atoms with Crippen LogP contribution in [0.15, 0.2) is 47.6 Å². The molecule has 0 saturated carbocycles. The fourth-order valence-electron chi connectivity index (χ4n) is 2.34. The molecule has 0 atom stereocenters. The average molecular weight is 389 g/mol.